The van der Waals surface area contributed by atoms with Crippen molar-refractivity contribution in [1.82, 2.24) is 18.1 Å². The predicted molar refractivity (Wildman–Crippen MR) is 126 cm³/mol. The van der Waals surface area contributed by atoms with Gasteiger partial charge in [0.05, 0.1) is 5.52 Å². The molecule has 1 saturated heterocycles. The third-order valence-corrected chi connectivity index (χ3v) is 8.81. The van der Waals surface area contributed by atoms with Gasteiger partial charge in [-0.3, -0.25) is 4.79 Å². The molecule has 0 unspecified atom stereocenters. The summed E-state index contributed by atoms with van der Waals surface area (Å²) in [5.41, 5.74) is 4.27. The first kappa shape index (κ1) is 21.3. The van der Waals surface area contributed by atoms with E-state index in [1.165, 1.54) is 14.0 Å². The van der Waals surface area contributed by atoms with E-state index >= 15 is 0 Å². The largest absolute Gasteiger partial charge is 0.367 e. The Labute approximate surface area is 189 Å². The topological polar surface area (TPSA) is 65.9 Å². The predicted octanol–water partition coefficient (Wildman–Crippen LogP) is 2.98. The summed E-state index contributed by atoms with van der Waals surface area (Å²) in [6, 6.07) is 5.50. The Kier molecular flexibility index (Phi) is 5.17. The van der Waals surface area contributed by atoms with Crippen molar-refractivity contribution in [3.8, 4) is 0 Å². The summed E-state index contributed by atoms with van der Waals surface area (Å²) in [7, 11) is -0.568. The van der Waals surface area contributed by atoms with Crippen LogP contribution in [0, 0.1) is 5.92 Å². The molecule has 0 radical (unpaired) electrons. The van der Waals surface area contributed by atoms with E-state index in [-0.39, 0.29) is 5.91 Å². The summed E-state index contributed by atoms with van der Waals surface area (Å²) >= 11 is 0. The average molecular weight is 455 g/mol. The molecule has 7 nitrogen and oxygen atoms in total. The zero-order valence-corrected chi connectivity index (χ0v) is 19.7. The zero-order chi connectivity index (χ0) is 22.6. The molecule has 170 valence electrons. The number of rotatable bonds is 4. The number of hydrogen-bond donors (Lipinski definition) is 0. The fourth-order valence-corrected chi connectivity index (χ4v) is 6.10. The van der Waals surface area contributed by atoms with Gasteiger partial charge in [0.1, 0.15) is 0 Å². The minimum Gasteiger partial charge on any atom is -0.367 e. The van der Waals surface area contributed by atoms with Gasteiger partial charge in [-0.2, -0.15) is 12.7 Å². The van der Waals surface area contributed by atoms with Gasteiger partial charge in [-0.05, 0) is 49.1 Å². The monoisotopic (exact) mass is 454 g/mol. The van der Waals surface area contributed by atoms with Gasteiger partial charge in [0.25, 0.3) is 5.91 Å². The highest BCUT2D eigenvalue weighted by Crippen LogP contribution is 2.35. The molecule has 0 spiro atoms. The molecular formula is C24H30N4O3S. The lowest BCUT2D eigenvalue weighted by molar-refractivity contribution is 0.0697. The molecular weight excluding hydrogens is 424 g/mol. The molecule has 1 amide bonds. The standard InChI is InChI=1S/C24H30N4O3S/c1-17-9-12-26(13-10-17)24(29)18-7-8-22-20(15-18)21-16-27(19-5-4-6-19)14-11-23(21)28(22)32(30,31)25(2)3/h4-8,15,17H,9-14,16H2,1-3H3. The van der Waals surface area contributed by atoms with Crippen LogP contribution in [-0.2, 0) is 23.2 Å². The van der Waals surface area contributed by atoms with Crippen LogP contribution >= 0.6 is 0 Å². The lowest BCUT2D eigenvalue weighted by Crippen LogP contribution is -2.37. The molecule has 8 heteroatoms. The molecule has 32 heavy (non-hydrogen) atoms. The maximum atomic E-state index is 13.2. The number of hydrogen-bond acceptors (Lipinski definition) is 4. The van der Waals surface area contributed by atoms with Crippen molar-refractivity contribution in [3.05, 3.63) is 58.9 Å². The normalized spacial score (nSPS) is 19.3. The second kappa shape index (κ2) is 7.78. The second-order valence-electron chi connectivity index (χ2n) is 9.31. The van der Waals surface area contributed by atoms with Crippen LogP contribution < -0.4 is 0 Å². The number of allylic oxidation sites excluding steroid dienone is 3. The van der Waals surface area contributed by atoms with Gasteiger partial charge in [-0.25, -0.2) is 3.97 Å². The molecule has 0 N–H and O–H groups in total. The third kappa shape index (κ3) is 3.36. The van der Waals surface area contributed by atoms with Crippen LogP contribution in [0.5, 0.6) is 0 Å². The fourth-order valence-electron chi connectivity index (χ4n) is 4.89. The number of fused-ring (bicyclic) bond motifs is 3. The van der Waals surface area contributed by atoms with Gasteiger partial charge in [0.15, 0.2) is 0 Å². The molecule has 0 bridgehead atoms. The Balaban J connectivity index is 1.61. The van der Waals surface area contributed by atoms with E-state index in [0.717, 1.165) is 49.1 Å². The summed E-state index contributed by atoms with van der Waals surface area (Å²) in [6.07, 6.45) is 8.85. The lowest BCUT2D eigenvalue weighted by atomic mass is 9.98. The van der Waals surface area contributed by atoms with Crippen molar-refractivity contribution in [1.29, 1.82) is 0 Å². The molecule has 1 aliphatic carbocycles. The van der Waals surface area contributed by atoms with Crippen LogP contribution in [0.2, 0.25) is 0 Å². The molecule has 2 aromatic rings. The van der Waals surface area contributed by atoms with Crippen LogP contribution in [0.3, 0.4) is 0 Å². The summed E-state index contributed by atoms with van der Waals surface area (Å²) in [5, 5.41) is 0.857. The number of piperidine rings is 1. The third-order valence-electron chi connectivity index (χ3n) is 7.01. The molecule has 1 fully saturated rings. The summed E-state index contributed by atoms with van der Waals surface area (Å²) < 4.78 is 29.2. The van der Waals surface area contributed by atoms with E-state index in [9.17, 15) is 13.2 Å². The molecule has 0 saturated carbocycles. The minimum absolute atomic E-state index is 0.0352. The van der Waals surface area contributed by atoms with Crippen LogP contribution in [0.4, 0.5) is 0 Å². The van der Waals surface area contributed by atoms with Gasteiger partial charge in [-0.1, -0.05) is 13.0 Å². The number of likely N-dealkylation sites (tertiary alicyclic amines) is 1. The van der Waals surface area contributed by atoms with Gasteiger partial charge in [0, 0.05) is 74.6 Å². The number of aromatic nitrogens is 1. The minimum atomic E-state index is -3.68. The SMILES string of the molecule is CC1CCN(C(=O)c2ccc3c(c2)c2c(n3S(=O)(=O)N(C)C)CCN(C3=CC=C3)C2)CC1. The Hall–Kier alpha value is -2.58. The van der Waals surface area contributed by atoms with E-state index in [4.69, 9.17) is 0 Å². The van der Waals surface area contributed by atoms with Gasteiger partial charge < -0.3 is 9.80 Å². The Morgan fingerprint density at radius 3 is 2.47 bits per heavy atom. The maximum Gasteiger partial charge on any atom is 0.307 e. The molecule has 5 rings (SSSR count). The van der Waals surface area contributed by atoms with Gasteiger partial charge >= 0.3 is 10.2 Å². The van der Waals surface area contributed by atoms with Crippen LogP contribution in [-0.4, -0.2) is 66.1 Å². The van der Waals surface area contributed by atoms with Crippen molar-refractivity contribution >= 4 is 27.0 Å². The van der Waals surface area contributed by atoms with Gasteiger partial charge in [-0.15, -0.1) is 0 Å². The van der Waals surface area contributed by atoms with E-state index < -0.39 is 10.2 Å². The van der Waals surface area contributed by atoms with Crippen molar-refractivity contribution in [2.24, 2.45) is 5.92 Å². The summed E-state index contributed by atoms with van der Waals surface area (Å²) in [5.74, 6) is 0.688. The van der Waals surface area contributed by atoms with Crippen molar-refractivity contribution < 1.29 is 13.2 Å². The van der Waals surface area contributed by atoms with E-state index in [2.05, 4.69) is 24.0 Å². The molecule has 0 atom stereocenters. The number of amides is 1. The first-order chi connectivity index (χ1) is 15.3. The number of carbonyl (C=O) groups is 1. The first-order valence-corrected chi connectivity index (χ1v) is 12.7. The molecule has 1 aromatic heterocycles. The van der Waals surface area contributed by atoms with Gasteiger partial charge in [0.2, 0.25) is 0 Å². The number of carbonyl (C=O) groups excluding carboxylic acids is 1. The summed E-state index contributed by atoms with van der Waals surface area (Å²) in [4.78, 5) is 17.4. The highest BCUT2D eigenvalue weighted by Gasteiger charge is 2.32. The van der Waals surface area contributed by atoms with E-state index in [1.807, 2.05) is 17.0 Å². The molecule has 2 aliphatic heterocycles. The Morgan fingerprint density at radius 1 is 1.12 bits per heavy atom. The smallest absolute Gasteiger partial charge is 0.307 e. The van der Waals surface area contributed by atoms with Crippen LogP contribution in [0.1, 0.15) is 41.4 Å². The van der Waals surface area contributed by atoms with Crippen molar-refractivity contribution in [3.63, 3.8) is 0 Å². The zero-order valence-electron chi connectivity index (χ0n) is 18.9. The lowest BCUT2D eigenvalue weighted by Gasteiger charge is -2.32. The Bertz CT molecular complexity index is 1250. The first-order valence-electron chi connectivity index (χ1n) is 11.3. The maximum absolute atomic E-state index is 13.2. The molecule has 1 aromatic carbocycles. The number of nitrogens with zero attached hydrogens (tertiary/aromatic N) is 4. The Morgan fingerprint density at radius 2 is 1.84 bits per heavy atom. The van der Waals surface area contributed by atoms with Crippen LogP contribution in [0.25, 0.3) is 10.9 Å². The van der Waals surface area contributed by atoms with Crippen LogP contribution in [0.15, 0.2) is 42.1 Å². The average Bonchev–Trinajstić information content (AvgIpc) is 3.06. The highest BCUT2D eigenvalue weighted by molar-refractivity contribution is 7.87. The summed E-state index contributed by atoms with van der Waals surface area (Å²) in [6.45, 7) is 5.18. The molecule has 3 heterocycles. The van der Waals surface area contributed by atoms with E-state index in [0.29, 0.717) is 30.0 Å². The van der Waals surface area contributed by atoms with E-state index in [1.54, 1.807) is 26.2 Å². The fraction of sp³-hybridized carbons (Fsp3) is 0.458. The quantitative estimate of drug-likeness (QED) is 0.713. The second-order valence-corrected chi connectivity index (χ2v) is 11.3. The molecule has 3 aliphatic rings. The van der Waals surface area contributed by atoms with Crippen molar-refractivity contribution in [2.75, 3.05) is 33.7 Å². The highest BCUT2D eigenvalue weighted by atomic mass is 32.2. The van der Waals surface area contributed by atoms with Crippen molar-refractivity contribution in [2.45, 2.75) is 32.7 Å². The number of benzene rings is 1.